The van der Waals surface area contributed by atoms with Crippen molar-refractivity contribution >= 4 is 29.6 Å². The molecule has 25 heavy (non-hydrogen) atoms. The Kier molecular flexibility index (Phi) is 6.65. The van der Waals surface area contributed by atoms with Crippen molar-refractivity contribution in [3.63, 3.8) is 0 Å². The monoisotopic (exact) mass is 358 g/mol. The summed E-state index contributed by atoms with van der Waals surface area (Å²) >= 11 is 6.02. The summed E-state index contributed by atoms with van der Waals surface area (Å²) in [5, 5.41) is 6.95. The molecule has 0 saturated carbocycles. The molecule has 2 amide bonds. The quantitative estimate of drug-likeness (QED) is 0.615. The van der Waals surface area contributed by atoms with Crippen molar-refractivity contribution < 1.29 is 9.59 Å². The summed E-state index contributed by atoms with van der Waals surface area (Å²) in [4.78, 5) is 28.6. The summed E-state index contributed by atoms with van der Waals surface area (Å²) in [5.74, 6) is -0.930. The lowest BCUT2D eigenvalue weighted by molar-refractivity contribution is -0.123. The fraction of sp³-hybridized carbons (Fsp3) is 0.222. The highest BCUT2D eigenvalue weighted by Crippen LogP contribution is 2.15. The number of nitrogens with zero attached hydrogens (tertiary/aromatic N) is 2. The zero-order valence-electron chi connectivity index (χ0n) is 13.9. The molecule has 0 radical (unpaired) electrons. The van der Waals surface area contributed by atoms with E-state index in [1.165, 1.54) is 6.21 Å². The van der Waals surface area contributed by atoms with Gasteiger partial charge in [-0.05, 0) is 35.7 Å². The normalized spacial score (nSPS) is 12.2. The average Bonchev–Trinajstić information content (AvgIpc) is 2.60. The molecule has 2 N–H and O–H groups in total. The minimum absolute atomic E-state index is 0.123. The van der Waals surface area contributed by atoms with Crippen LogP contribution in [0, 0.1) is 5.92 Å². The Hall–Kier alpha value is -2.73. The van der Waals surface area contributed by atoms with Gasteiger partial charge in [-0.3, -0.25) is 14.6 Å². The number of aromatic nitrogens is 1. The topological polar surface area (TPSA) is 83.5 Å². The maximum absolute atomic E-state index is 12.4. The largest absolute Gasteiger partial charge is 0.340 e. The maximum atomic E-state index is 12.4. The van der Waals surface area contributed by atoms with Crippen molar-refractivity contribution in [2.24, 2.45) is 11.0 Å². The van der Waals surface area contributed by atoms with Crippen LogP contribution >= 0.6 is 11.6 Å². The smallest absolute Gasteiger partial charge is 0.262 e. The number of benzene rings is 1. The van der Waals surface area contributed by atoms with E-state index in [1.54, 1.807) is 48.8 Å². The predicted molar refractivity (Wildman–Crippen MR) is 97.5 cm³/mol. The summed E-state index contributed by atoms with van der Waals surface area (Å²) in [6.07, 6.45) is 4.76. The molecule has 0 spiro atoms. The lowest BCUT2D eigenvalue weighted by Crippen LogP contribution is -2.48. The number of amides is 2. The number of hydrazone groups is 1. The highest BCUT2D eigenvalue weighted by atomic mass is 35.5. The van der Waals surface area contributed by atoms with E-state index in [4.69, 9.17) is 11.6 Å². The second-order valence-corrected chi connectivity index (χ2v) is 6.10. The second kappa shape index (κ2) is 8.94. The van der Waals surface area contributed by atoms with Gasteiger partial charge in [0.1, 0.15) is 6.04 Å². The number of carbonyl (C=O) groups is 2. The first-order chi connectivity index (χ1) is 12.0. The van der Waals surface area contributed by atoms with Gasteiger partial charge in [0.25, 0.3) is 11.8 Å². The molecule has 1 aromatic carbocycles. The van der Waals surface area contributed by atoms with Crippen molar-refractivity contribution in [1.29, 1.82) is 0 Å². The van der Waals surface area contributed by atoms with Gasteiger partial charge in [0.05, 0.1) is 16.8 Å². The number of pyridine rings is 1. The third-order valence-corrected chi connectivity index (χ3v) is 3.78. The molecule has 0 aliphatic rings. The van der Waals surface area contributed by atoms with E-state index in [-0.39, 0.29) is 5.92 Å². The fourth-order valence-corrected chi connectivity index (χ4v) is 2.31. The van der Waals surface area contributed by atoms with Crippen molar-refractivity contribution in [2.45, 2.75) is 19.9 Å². The van der Waals surface area contributed by atoms with Crippen molar-refractivity contribution in [2.75, 3.05) is 0 Å². The number of hydrogen-bond acceptors (Lipinski definition) is 4. The van der Waals surface area contributed by atoms with E-state index < -0.39 is 17.9 Å². The minimum atomic E-state index is -0.738. The molecular formula is C18H19ClN4O2. The van der Waals surface area contributed by atoms with Gasteiger partial charge in [0.15, 0.2) is 0 Å². The highest BCUT2D eigenvalue weighted by Gasteiger charge is 2.25. The Morgan fingerprint density at radius 2 is 1.84 bits per heavy atom. The van der Waals surface area contributed by atoms with Gasteiger partial charge in [-0.15, -0.1) is 0 Å². The lowest BCUT2D eigenvalue weighted by atomic mass is 10.0. The van der Waals surface area contributed by atoms with E-state index in [0.29, 0.717) is 10.6 Å². The molecule has 1 heterocycles. The summed E-state index contributed by atoms with van der Waals surface area (Å²) in [6, 6.07) is 9.46. The van der Waals surface area contributed by atoms with Gasteiger partial charge >= 0.3 is 0 Å². The predicted octanol–water partition coefficient (Wildman–Crippen LogP) is 2.64. The van der Waals surface area contributed by atoms with Crippen LogP contribution in [0.5, 0.6) is 0 Å². The first kappa shape index (κ1) is 18.6. The lowest BCUT2D eigenvalue weighted by Gasteiger charge is -2.20. The van der Waals surface area contributed by atoms with E-state index in [1.807, 2.05) is 13.8 Å². The zero-order chi connectivity index (χ0) is 18.2. The van der Waals surface area contributed by atoms with Gasteiger partial charge in [0, 0.05) is 12.4 Å². The molecule has 0 aliphatic heterocycles. The molecule has 1 aromatic heterocycles. The first-order valence-electron chi connectivity index (χ1n) is 7.77. The van der Waals surface area contributed by atoms with Crippen LogP contribution in [0.2, 0.25) is 5.02 Å². The molecule has 0 aliphatic carbocycles. The number of hydrogen-bond donors (Lipinski definition) is 2. The summed E-state index contributed by atoms with van der Waals surface area (Å²) in [6.45, 7) is 3.67. The number of rotatable bonds is 6. The van der Waals surface area contributed by atoms with Crippen LogP contribution in [-0.2, 0) is 4.79 Å². The molecular weight excluding hydrogens is 340 g/mol. The molecule has 2 aromatic rings. The molecule has 7 heteroatoms. The molecule has 130 valence electrons. The Morgan fingerprint density at radius 1 is 1.16 bits per heavy atom. The van der Waals surface area contributed by atoms with Crippen molar-refractivity contribution in [1.82, 2.24) is 15.7 Å². The first-order valence-corrected chi connectivity index (χ1v) is 8.15. The molecule has 2 rings (SSSR count). The third-order valence-electron chi connectivity index (χ3n) is 3.45. The summed E-state index contributed by atoms with van der Waals surface area (Å²) < 4.78 is 0. The molecule has 0 fully saturated rings. The molecule has 6 nitrogen and oxygen atoms in total. The van der Waals surface area contributed by atoms with Crippen LogP contribution < -0.4 is 10.7 Å². The standard InChI is InChI=1S/C18H19ClN4O2/c1-12(2)16(22-17(24)14-5-3-4-6-15(14)19)18(25)23-21-11-13-7-9-20-10-8-13/h3-12,16H,1-2H3,(H,22,24)(H,23,25)/b21-11+. The summed E-state index contributed by atoms with van der Waals surface area (Å²) in [5.41, 5.74) is 3.57. The van der Waals surface area contributed by atoms with Gasteiger partial charge in [-0.1, -0.05) is 37.6 Å². The van der Waals surface area contributed by atoms with Gasteiger partial charge in [-0.25, -0.2) is 5.43 Å². The van der Waals surface area contributed by atoms with Crippen LogP contribution in [-0.4, -0.2) is 29.1 Å². The van der Waals surface area contributed by atoms with Crippen LogP contribution in [0.4, 0.5) is 0 Å². The second-order valence-electron chi connectivity index (χ2n) is 5.69. The molecule has 0 bridgehead atoms. The number of halogens is 1. The molecule has 1 unspecified atom stereocenters. The number of carbonyl (C=O) groups excluding carboxylic acids is 2. The Labute approximate surface area is 151 Å². The van der Waals surface area contributed by atoms with Crippen LogP contribution in [0.3, 0.4) is 0 Å². The third kappa shape index (κ3) is 5.39. The van der Waals surface area contributed by atoms with Crippen LogP contribution in [0.15, 0.2) is 53.9 Å². The van der Waals surface area contributed by atoms with Gasteiger partial charge in [0.2, 0.25) is 0 Å². The van der Waals surface area contributed by atoms with Crippen molar-refractivity contribution in [3.8, 4) is 0 Å². The molecule has 0 saturated heterocycles. The van der Waals surface area contributed by atoms with E-state index in [9.17, 15) is 9.59 Å². The van der Waals surface area contributed by atoms with E-state index in [0.717, 1.165) is 5.56 Å². The molecule has 1 atom stereocenters. The Morgan fingerprint density at radius 3 is 2.48 bits per heavy atom. The van der Waals surface area contributed by atoms with Crippen LogP contribution in [0.25, 0.3) is 0 Å². The van der Waals surface area contributed by atoms with E-state index >= 15 is 0 Å². The SMILES string of the molecule is CC(C)C(NC(=O)c1ccccc1Cl)C(=O)N/N=C/c1ccncc1. The van der Waals surface area contributed by atoms with Crippen LogP contribution in [0.1, 0.15) is 29.8 Å². The average molecular weight is 359 g/mol. The van der Waals surface area contributed by atoms with Gasteiger partial charge < -0.3 is 5.32 Å². The Bertz CT molecular complexity index is 763. The maximum Gasteiger partial charge on any atom is 0.262 e. The summed E-state index contributed by atoms with van der Waals surface area (Å²) in [7, 11) is 0. The highest BCUT2D eigenvalue weighted by molar-refractivity contribution is 6.33. The minimum Gasteiger partial charge on any atom is -0.340 e. The van der Waals surface area contributed by atoms with Gasteiger partial charge in [-0.2, -0.15) is 5.10 Å². The van der Waals surface area contributed by atoms with Crippen molar-refractivity contribution in [3.05, 3.63) is 64.9 Å². The number of nitrogens with one attached hydrogen (secondary N) is 2. The zero-order valence-corrected chi connectivity index (χ0v) is 14.7. The fourth-order valence-electron chi connectivity index (χ4n) is 2.09. The van der Waals surface area contributed by atoms with E-state index in [2.05, 4.69) is 20.8 Å². The Balaban J connectivity index is 2.02.